The lowest BCUT2D eigenvalue weighted by atomic mass is 9.95. The lowest BCUT2D eigenvalue weighted by Crippen LogP contribution is -2.32. The lowest BCUT2D eigenvalue weighted by Gasteiger charge is -2.24. The Bertz CT molecular complexity index is 895. The van der Waals surface area contributed by atoms with Crippen molar-refractivity contribution < 1.29 is 24.2 Å². The summed E-state index contributed by atoms with van der Waals surface area (Å²) in [7, 11) is 0. The summed E-state index contributed by atoms with van der Waals surface area (Å²) in [6, 6.07) is 11.1. The normalized spacial score (nSPS) is 19.2. The van der Waals surface area contributed by atoms with Gasteiger partial charge in [-0.3, -0.25) is 9.59 Å². The molecule has 2 N–H and O–H groups in total. The smallest absolute Gasteiger partial charge is 0.295 e. The van der Waals surface area contributed by atoms with Gasteiger partial charge in [0.25, 0.3) is 11.7 Å². The second-order valence-electron chi connectivity index (χ2n) is 5.78. The van der Waals surface area contributed by atoms with Crippen LogP contribution in [0.5, 0.6) is 0 Å². The zero-order valence-electron chi connectivity index (χ0n) is 13.5. The van der Waals surface area contributed by atoms with E-state index in [9.17, 15) is 24.2 Å². The van der Waals surface area contributed by atoms with Crippen LogP contribution in [-0.4, -0.2) is 40.0 Å². The van der Waals surface area contributed by atoms with Gasteiger partial charge in [-0.1, -0.05) is 40.2 Å². The maximum Gasteiger partial charge on any atom is 0.295 e. The zero-order valence-corrected chi connectivity index (χ0v) is 15.1. The number of aliphatic hydroxyl groups is 2. The van der Waals surface area contributed by atoms with Crippen molar-refractivity contribution in [3.8, 4) is 0 Å². The summed E-state index contributed by atoms with van der Waals surface area (Å²) in [5, 5.41) is 20.0. The molecular formula is C19H15BrFNO4. The quantitative estimate of drug-likeness (QED) is 0.453. The standard InChI is InChI=1S/C19H15BrFNO4/c20-13-6-4-11(5-7-13)17(24)15-16(12-2-1-3-14(21)10-12)22(8-9-23)19(26)18(15)25/h1-7,10,16,23-24H,8-9H2/b17-15+. The Labute approximate surface area is 157 Å². The molecule has 1 amide bonds. The number of likely N-dealkylation sites (tertiary alicyclic amines) is 1. The maximum atomic E-state index is 13.7. The third-order valence-electron chi connectivity index (χ3n) is 4.16. The van der Waals surface area contributed by atoms with E-state index >= 15 is 0 Å². The summed E-state index contributed by atoms with van der Waals surface area (Å²) >= 11 is 3.29. The summed E-state index contributed by atoms with van der Waals surface area (Å²) in [5.41, 5.74) is 0.573. The maximum absolute atomic E-state index is 13.7. The lowest BCUT2D eigenvalue weighted by molar-refractivity contribution is -0.140. The first-order valence-corrected chi connectivity index (χ1v) is 8.64. The van der Waals surface area contributed by atoms with Crippen molar-refractivity contribution in [1.29, 1.82) is 0 Å². The van der Waals surface area contributed by atoms with E-state index in [1.165, 1.54) is 18.2 Å². The van der Waals surface area contributed by atoms with E-state index in [2.05, 4.69) is 15.9 Å². The number of rotatable bonds is 4. The number of halogens is 2. The van der Waals surface area contributed by atoms with Gasteiger partial charge in [-0.2, -0.15) is 0 Å². The largest absolute Gasteiger partial charge is 0.507 e. The fourth-order valence-electron chi connectivity index (χ4n) is 3.00. The second-order valence-corrected chi connectivity index (χ2v) is 6.69. The Balaban J connectivity index is 2.19. The molecule has 0 radical (unpaired) electrons. The average molecular weight is 420 g/mol. The fourth-order valence-corrected chi connectivity index (χ4v) is 3.27. The first-order valence-electron chi connectivity index (χ1n) is 7.84. The Morgan fingerprint density at radius 3 is 2.46 bits per heavy atom. The van der Waals surface area contributed by atoms with Gasteiger partial charge in [0, 0.05) is 16.6 Å². The van der Waals surface area contributed by atoms with Crippen LogP contribution in [0.1, 0.15) is 17.2 Å². The molecule has 0 aromatic heterocycles. The average Bonchev–Trinajstić information content (AvgIpc) is 2.87. The Morgan fingerprint density at radius 2 is 1.85 bits per heavy atom. The summed E-state index contributed by atoms with van der Waals surface area (Å²) in [6.07, 6.45) is 0. The van der Waals surface area contributed by atoms with Gasteiger partial charge in [0.15, 0.2) is 0 Å². The summed E-state index contributed by atoms with van der Waals surface area (Å²) < 4.78 is 14.5. The number of hydrogen-bond acceptors (Lipinski definition) is 4. The van der Waals surface area contributed by atoms with Gasteiger partial charge in [0.05, 0.1) is 18.2 Å². The highest BCUT2D eigenvalue weighted by atomic mass is 79.9. The van der Waals surface area contributed by atoms with Crippen molar-refractivity contribution in [2.75, 3.05) is 13.2 Å². The molecule has 0 saturated carbocycles. The number of benzene rings is 2. The number of nitrogens with zero attached hydrogens (tertiary/aromatic N) is 1. The molecule has 0 bridgehead atoms. The van der Waals surface area contributed by atoms with Crippen molar-refractivity contribution >= 4 is 33.4 Å². The molecule has 1 atom stereocenters. The number of hydrogen-bond donors (Lipinski definition) is 2. The molecule has 1 fully saturated rings. The van der Waals surface area contributed by atoms with Gasteiger partial charge in [0.2, 0.25) is 0 Å². The highest BCUT2D eigenvalue weighted by Gasteiger charge is 2.45. The third kappa shape index (κ3) is 3.27. The molecule has 1 heterocycles. The van der Waals surface area contributed by atoms with E-state index in [0.29, 0.717) is 11.1 Å². The molecule has 134 valence electrons. The highest BCUT2D eigenvalue weighted by molar-refractivity contribution is 9.10. The van der Waals surface area contributed by atoms with E-state index in [1.807, 2.05) is 0 Å². The third-order valence-corrected chi connectivity index (χ3v) is 4.69. The molecule has 0 aliphatic carbocycles. The molecule has 1 saturated heterocycles. The zero-order chi connectivity index (χ0) is 18.8. The van der Waals surface area contributed by atoms with Crippen LogP contribution in [0, 0.1) is 5.82 Å². The van der Waals surface area contributed by atoms with Crippen molar-refractivity contribution in [2.24, 2.45) is 0 Å². The fraction of sp³-hybridized carbons (Fsp3) is 0.158. The molecule has 2 aromatic rings. The Hall–Kier alpha value is -2.51. The summed E-state index contributed by atoms with van der Waals surface area (Å²) in [4.78, 5) is 26.1. The van der Waals surface area contributed by atoms with Crippen LogP contribution in [0.3, 0.4) is 0 Å². The molecule has 1 aliphatic heterocycles. The topological polar surface area (TPSA) is 77.8 Å². The molecule has 26 heavy (non-hydrogen) atoms. The monoisotopic (exact) mass is 419 g/mol. The minimum atomic E-state index is -0.971. The van der Waals surface area contributed by atoms with Crippen molar-refractivity contribution in [3.63, 3.8) is 0 Å². The van der Waals surface area contributed by atoms with Crippen LogP contribution >= 0.6 is 15.9 Å². The van der Waals surface area contributed by atoms with Crippen LogP contribution in [-0.2, 0) is 9.59 Å². The van der Waals surface area contributed by atoms with Crippen molar-refractivity contribution in [3.05, 3.63) is 75.5 Å². The summed E-state index contributed by atoms with van der Waals surface area (Å²) in [5.74, 6) is -2.58. The van der Waals surface area contributed by atoms with Crippen molar-refractivity contribution in [2.45, 2.75) is 6.04 Å². The minimum absolute atomic E-state index is 0.108. The van der Waals surface area contributed by atoms with Gasteiger partial charge >= 0.3 is 0 Å². The van der Waals surface area contributed by atoms with E-state index < -0.39 is 23.5 Å². The predicted octanol–water partition coefficient (Wildman–Crippen LogP) is 3.00. The van der Waals surface area contributed by atoms with Crippen LogP contribution < -0.4 is 0 Å². The molecule has 7 heteroatoms. The van der Waals surface area contributed by atoms with Crippen LogP contribution in [0.4, 0.5) is 4.39 Å². The number of carbonyl (C=O) groups is 2. The predicted molar refractivity (Wildman–Crippen MR) is 96.6 cm³/mol. The van der Waals surface area contributed by atoms with Gasteiger partial charge in [-0.15, -0.1) is 0 Å². The molecule has 1 aliphatic rings. The van der Waals surface area contributed by atoms with E-state index in [0.717, 1.165) is 9.37 Å². The van der Waals surface area contributed by atoms with E-state index in [1.54, 1.807) is 30.3 Å². The van der Waals surface area contributed by atoms with Gasteiger partial charge in [-0.05, 0) is 29.8 Å². The minimum Gasteiger partial charge on any atom is -0.507 e. The van der Waals surface area contributed by atoms with Gasteiger partial charge in [0.1, 0.15) is 11.6 Å². The first kappa shape index (κ1) is 18.3. The van der Waals surface area contributed by atoms with Crippen LogP contribution in [0.2, 0.25) is 0 Å². The van der Waals surface area contributed by atoms with E-state index in [4.69, 9.17) is 0 Å². The number of carbonyl (C=O) groups excluding carboxylic acids is 2. The molecule has 3 rings (SSSR count). The number of aliphatic hydroxyl groups excluding tert-OH is 2. The van der Waals surface area contributed by atoms with Crippen LogP contribution in [0.25, 0.3) is 5.76 Å². The van der Waals surface area contributed by atoms with Crippen LogP contribution in [0.15, 0.2) is 58.6 Å². The second kappa shape index (κ2) is 7.39. The first-order chi connectivity index (χ1) is 12.4. The SMILES string of the molecule is O=C1C(=O)N(CCO)C(c2cccc(F)c2)/C1=C(\O)c1ccc(Br)cc1. The number of ketones is 1. The van der Waals surface area contributed by atoms with Crippen molar-refractivity contribution in [1.82, 2.24) is 4.90 Å². The molecule has 5 nitrogen and oxygen atoms in total. The number of β-amino-alcohol motifs (C(OH)–C–C–N with tert-alkyl or cyclic N) is 1. The molecular weight excluding hydrogens is 405 g/mol. The number of Topliss-reactive ketones (excluding diaryl/α,β-unsaturated/α-hetero) is 1. The Morgan fingerprint density at radius 1 is 1.15 bits per heavy atom. The molecule has 2 aromatic carbocycles. The Kier molecular flexibility index (Phi) is 5.20. The summed E-state index contributed by atoms with van der Waals surface area (Å²) in [6.45, 7) is -0.472. The van der Waals surface area contributed by atoms with E-state index in [-0.39, 0.29) is 24.5 Å². The van der Waals surface area contributed by atoms with Gasteiger partial charge in [-0.25, -0.2) is 4.39 Å². The molecule has 1 unspecified atom stereocenters. The van der Waals surface area contributed by atoms with Gasteiger partial charge < -0.3 is 15.1 Å². The number of amides is 1. The highest BCUT2D eigenvalue weighted by Crippen LogP contribution is 2.39. The molecule has 0 spiro atoms.